The van der Waals surface area contributed by atoms with Crippen molar-refractivity contribution in [3.05, 3.63) is 53.9 Å². The lowest BCUT2D eigenvalue weighted by atomic mass is 10.1. The SMILES string of the molecule is CCOC(=O)CN(C)C(=O)C1Nc2ccccc2Cn2cccc21. The fourth-order valence-corrected chi connectivity index (χ4v) is 2.93. The van der Waals surface area contributed by atoms with Gasteiger partial charge in [-0.05, 0) is 30.7 Å². The molecule has 0 fully saturated rings. The van der Waals surface area contributed by atoms with E-state index in [2.05, 4.69) is 9.88 Å². The van der Waals surface area contributed by atoms with E-state index in [1.54, 1.807) is 14.0 Å². The molecule has 3 rings (SSSR count). The van der Waals surface area contributed by atoms with Gasteiger partial charge in [0.1, 0.15) is 12.6 Å². The molecule has 0 bridgehead atoms. The summed E-state index contributed by atoms with van der Waals surface area (Å²) < 4.78 is 6.98. The summed E-state index contributed by atoms with van der Waals surface area (Å²) in [6.45, 7) is 2.69. The van der Waals surface area contributed by atoms with Crippen molar-refractivity contribution in [2.75, 3.05) is 25.5 Å². The molecule has 0 aliphatic carbocycles. The van der Waals surface area contributed by atoms with Crippen molar-refractivity contribution < 1.29 is 14.3 Å². The number of nitrogens with one attached hydrogen (secondary N) is 1. The van der Waals surface area contributed by atoms with Crippen LogP contribution in [0.5, 0.6) is 0 Å². The number of ether oxygens (including phenoxy) is 1. The van der Waals surface area contributed by atoms with Gasteiger partial charge in [0, 0.05) is 25.5 Å². The first-order valence-corrected chi connectivity index (χ1v) is 8.00. The van der Waals surface area contributed by atoms with E-state index in [9.17, 15) is 9.59 Å². The Morgan fingerprint density at radius 3 is 2.88 bits per heavy atom. The molecule has 0 spiro atoms. The summed E-state index contributed by atoms with van der Waals surface area (Å²) in [6.07, 6.45) is 1.96. The van der Waals surface area contributed by atoms with E-state index in [4.69, 9.17) is 4.74 Å². The molecule has 1 atom stereocenters. The van der Waals surface area contributed by atoms with Gasteiger partial charge in [-0.15, -0.1) is 0 Å². The first kappa shape index (κ1) is 16.1. The predicted octanol–water partition coefficient (Wildman–Crippen LogP) is 2.02. The molecule has 0 saturated heterocycles. The smallest absolute Gasteiger partial charge is 0.325 e. The first-order valence-electron chi connectivity index (χ1n) is 8.00. The molecule has 0 radical (unpaired) electrons. The van der Waals surface area contributed by atoms with E-state index in [-0.39, 0.29) is 12.5 Å². The largest absolute Gasteiger partial charge is 0.465 e. The van der Waals surface area contributed by atoms with E-state index in [1.807, 2.05) is 42.6 Å². The number of para-hydroxylation sites is 1. The number of benzene rings is 1. The fourth-order valence-electron chi connectivity index (χ4n) is 2.93. The number of hydrogen-bond acceptors (Lipinski definition) is 4. The zero-order chi connectivity index (χ0) is 17.1. The Kier molecular flexibility index (Phi) is 4.55. The zero-order valence-corrected chi connectivity index (χ0v) is 13.9. The summed E-state index contributed by atoms with van der Waals surface area (Å²) in [5, 5.41) is 3.32. The van der Waals surface area contributed by atoms with Crippen molar-refractivity contribution >= 4 is 17.6 Å². The van der Waals surface area contributed by atoms with Gasteiger partial charge in [0.05, 0.1) is 12.3 Å². The summed E-state index contributed by atoms with van der Waals surface area (Å²) in [5.74, 6) is -0.572. The van der Waals surface area contributed by atoms with Gasteiger partial charge in [0.2, 0.25) is 0 Å². The average molecular weight is 327 g/mol. The van der Waals surface area contributed by atoms with Crippen molar-refractivity contribution in [3.8, 4) is 0 Å². The average Bonchev–Trinajstić information content (AvgIpc) is 2.95. The molecular formula is C18H21N3O3. The van der Waals surface area contributed by atoms with Gasteiger partial charge in [0.25, 0.3) is 5.91 Å². The summed E-state index contributed by atoms with van der Waals surface area (Å²) in [7, 11) is 1.62. The van der Waals surface area contributed by atoms with Gasteiger partial charge in [-0.2, -0.15) is 0 Å². The van der Waals surface area contributed by atoms with Crippen LogP contribution >= 0.6 is 0 Å². The van der Waals surface area contributed by atoms with Crippen molar-refractivity contribution in [3.63, 3.8) is 0 Å². The van der Waals surface area contributed by atoms with E-state index >= 15 is 0 Å². The third-order valence-electron chi connectivity index (χ3n) is 4.11. The minimum absolute atomic E-state index is 0.0623. The van der Waals surface area contributed by atoms with Crippen molar-refractivity contribution in [1.82, 2.24) is 9.47 Å². The van der Waals surface area contributed by atoms with Crippen molar-refractivity contribution in [2.45, 2.75) is 19.5 Å². The Morgan fingerprint density at radius 1 is 1.29 bits per heavy atom. The van der Waals surface area contributed by atoms with Gasteiger partial charge in [-0.25, -0.2) is 0 Å². The lowest BCUT2D eigenvalue weighted by Crippen LogP contribution is -2.39. The zero-order valence-electron chi connectivity index (χ0n) is 13.9. The highest BCUT2D eigenvalue weighted by Crippen LogP contribution is 2.29. The molecule has 126 valence electrons. The summed E-state index contributed by atoms with van der Waals surface area (Å²) in [6, 6.07) is 11.3. The second-order valence-corrected chi connectivity index (χ2v) is 5.79. The first-order chi connectivity index (χ1) is 11.6. The second kappa shape index (κ2) is 6.78. The van der Waals surface area contributed by atoms with Crippen LogP contribution in [0.3, 0.4) is 0 Å². The van der Waals surface area contributed by atoms with Crippen LogP contribution in [0.15, 0.2) is 42.6 Å². The van der Waals surface area contributed by atoms with Crippen molar-refractivity contribution in [1.29, 1.82) is 0 Å². The molecule has 6 nitrogen and oxygen atoms in total. The second-order valence-electron chi connectivity index (χ2n) is 5.79. The minimum atomic E-state index is -0.539. The van der Waals surface area contributed by atoms with Gasteiger partial charge >= 0.3 is 5.97 Å². The fraction of sp³-hybridized carbons (Fsp3) is 0.333. The van der Waals surface area contributed by atoms with E-state index in [1.165, 1.54) is 4.90 Å². The number of rotatable bonds is 4. The molecule has 0 saturated carbocycles. The maximum atomic E-state index is 12.9. The van der Waals surface area contributed by atoms with Gasteiger partial charge < -0.3 is 19.5 Å². The number of anilines is 1. The number of likely N-dealkylation sites (N-methyl/N-ethyl adjacent to an activating group) is 1. The quantitative estimate of drug-likeness (QED) is 0.873. The maximum Gasteiger partial charge on any atom is 0.325 e. The Morgan fingerprint density at radius 2 is 2.08 bits per heavy atom. The molecule has 1 aliphatic heterocycles. The van der Waals surface area contributed by atoms with Crippen LogP contribution in [0, 0.1) is 0 Å². The highest BCUT2D eigenvalue weighted by atomic mass is 16.5. The summed E-state index contributed by atoms with van der Waals surface area (Å²) in [5.41, 5.74) is 2.94. The van der Waals surface area contributed by atoms with Crippen LogP contribution in [0.1, 0.15) is 24.2 Å². The van der Waals surface area contributed by atoms with Crippen molar-refractivity contribution in [2.24, 2.45) is 0 Å². The highest BCUT2D eigenvalue weighted by Gasteiger charge is 2.30. The van der Waals surface area contributed by atoms with Crippen LogP contribution in [-0.4, -0.2) is 41.5 Å². The number of esters is 1. The van der Waals surface area contributed by atoms with Gasteiger partial charge in [0.15, 0.2) is 0 Å². The molecule has 1 aliphatic rings. The highest BCUT2D eigenvalue weighted by molar-refractivity contribution is 5.88. The van der Waals surface area contributed by atoms with Crippen LogP contribution in [0.25, 0.3) is 0 Å². The third-order valence-corrected chi connectivity index (χ3v) is 4.11. The standard InChI is InChI=1S/C18H21N3O3/c1-3-24-16(22)12-20(2)18(23)17-15-9-6-10-21(15)11-13-7-4-5-8-14(13)19-17/h4-10,17,19H,3,11-12H2,1-2H3. The minimum Gasteiger partial charge on any atom is -0.465 e. The molecule has 2 aromatic rings. The number of nitrogens with zero attached hydrogens (tertiary/aromatic N) is 2. The van der Waals surface area contributed by atoms with Gasteiger partial charge in [-0.1, -0.05) is 18.2 Å². The number of carbonyl (C=O) groups is 2. The maximum absolute atomic E-state index is 12.9. The van der Waals surface area contributed by atoms with Crippen LogP contribution < -0.4 is 5.32 Å². The number of carbonyl (C=O) groups excluding carboxylic acids is 2. The lowest BCUT2D eigenvalue weighted by Gasteiger charge is -2.24. The number of fused-ring (bicyclic) bond motifs is 2. The van der Waals surface area contributed by atoms with E-state index < -0.39 is 12.0 Å². The molecule has 24 heavy (non-hydrogen) atoms. The Labute approximate surface area is 141 Å². The van der Waals surface area contributed by atoms with E-state index in [0.29, 0.717) is 13.2 Å². The van der Waals surface area contributed by atoms with Gasteiger partial charge in [-0.3, -0.25) is 9.59 Å². The third kappa shape index (κ3) is 3.13. The molecule has 2 heterocycles. The Bertz CT molecular complexity index is 753. The summed E-state index contributed by atoms with van der Waals surface area (Å²) >= 11 is 0. The molecule has 1 N–H and O–H groups in total. The normalized spacial score (nSPS) is 15.5. The number of hydrogen-bond donors (Lipinski definition) is 1. The molecule has 6 heteroatoms. The molecule has 1 amide bonds. The number of aromatic nitrogens is 1. The van der Waals surface area contributed by atoms with Crippen LogP contribution in [0.2, 0.25) is 0 Å². The van der Waals surface area contributed by atoms with Crippen LogP contribution in [-0.2, 0) is 20.9 Å². The Hall–Kier alpha value is -2.76. The molecular weight excluding hydrogens is 306 g/mol. The predicted molar refractivity (Wildman–Crippen MR) is 90.6 cm³/mol. The van der Waals surface area contributed by atoms with Crippen LogP contribution in [0.4, 0.5) is 5.69 Å². The monoisotopic (exact) mass is 327 g/mol. The topological polar surface area (TPSA) is 63.6 Å². The molecule has 1 aromatic heterocycles. The number of amides is 1. The van der Waals surface area contributed by atoms with E-state index in [0.717, 1.165) is 16.9 Å². The Balaban J connectivity index is 1.87. The molecule has 1 aromatic carbocycles. The molecule has 1 unspecified atom stereocenters. The summed E-state index contributed by atoms with van der Waals surface area (Å²) in [4.78, 5) is 26.0. The lowest BCUT2D eigenvalue weighted by molar-refractivity contribution is -0.148.